The minimum absolute atomic E-state index is 0.174. The summed E-state index contributed by atoms with van der Waals surface area (Å²) in [5.41, 5.74) is 1.75. The van der Waals surface area contributed by atoms with E-state index in [1.165, 1.54) is 0 Å². The second-order valence-corrected chi connectivity index (χ2v) is 6.90. The van der Waals surface area contributed by atoms with Crippen LogP contribution in [0, 0.1) is 13.8 Å². The van der Waals surface area contributed by atoms with Crippen molar-refractivity contribution in [1.82, 2.24) is 4.72 Å². The SMILES string of the molecule is COc1ccccc1OCCNS(=O)(=O)c1ccc(C)cc1C. The van der Waals surface area contributed by atoms with Gasteiger partial charge in [0.2, 0.25) is 10.0 Å². The van der Waals surface area contributed by atoms with Gasteiger partial charge in [0.25, 0.3) is 0 Å². The number of nitrogens with one attached hydrogen (secondary N) is 1. The van der Waals surface area contributed by atoms with Crippen LogP contribution in [-0.4, -0.2) is 28.7 Å². The van der Waals surface area contributed by atoms with Crippen molar-refractivity contribution >= 4 is 10.0 Å². The van der Waals surface area contributed by atoms with Crippen molar-refractivity contribution in [2.45, 2.75) is 18.7 Å². The van der Waals surface area contributed by atoms with E-state index in [1.807, 2.05) is 25.1 Å². The van der Waals surface area contributed by atoms with Crippen molar-refractivity contribution in [1.29, 1.82) is 0 Å². The smallest absolute Gasteiger partial charge is 0.240 e. The molecule has 2 aromatic carbocycles. The molecule has 0 aliphatic carbocycles. The maximum absolute atomic E-state index is 12.3. The number of benzene rings is 2. The lowest BCUT2D eigenvalue weighted by molar-refractivity contribution is 0.298. The molecule has 0 saturated heterocycles. The molecule has 0 bridgehead atoms. The summed E-state index contributed by atoms with van der Waals surface area (Å²) in [6.07, 6.45) is 0. The zero-order valence-corrected chi connectivity index (χ0v) is 14.3. The fourth-order valence-corrected chi connectivity index (χ4v) is 3.49. The highest BCUT2D eigenvalue weighted by molar-refractivity contribution is 7.89. The molecule has 124 valence electrons. The first-order valence-electron chi connectivity index (χ1n) is 7.27. The Kier molecular flexibility index (Phi) is 5.63. The van der Waals surface area contributed by atoms with Gasteiger partial charge >= 0.3 is 0 Å². The second kappa shape index (κ2) is 7.48. The number of sulfonamides is 1. The molecular formula is C17H21NO4S. The quantitative estimate of drug-likeness (QED) is 0.790. The van der Waals surface area contributed by atoms with E-state index in [9.17, 15) is 8.42 Å². The van der Waals surface area contributed by atoms with Crippen LogP contribution in [0.4, 0.5) is 0 Å². The van der Waals surface area contributed by atoms with Crippen LogP contribution in [0.3, 0.4) is 0 Å². The zero-order valence-electron chi connectivity index (χ0n) is 13.5. The number of rotatable bonds is 7. The molecule has 0 radical (unpaired) electrons. The van der Waals surface area contributed by atoms with Gasteiger partial charge in [0.15, 0.2) is 11.5 Å². The van der Waals surface area contributed by atoms with Gasteiger partial charge in [-0.15, -0.1) is 0 Å². The molecular weight excluding hydrogens is 314 g/mol. The molecule has 0 fully saturated rings. The van der Waals surface area contributed by atoms with Crippen LogP contribution < -0.4 is 14.2 Å². The molecule has 0 aliphatic heterocycles. The van der Waals surface area contributed by atoms with Crippen molar-refractivity contribution in [2.24, 2.45) is 0 Å². The van der Waals surface area contributed by atoms with E-state index in [-0.39, 0.29) is 13.2 Å². The standard InChI is InChI=1S/C17H21NO4S/c1-13-8-9-17(14(2)12-13)23(19,20)18-10-11-22-16-7-5-4-6-15(16)21-3/h4-9,12,18H,10-11H2,1-3H3. The second-order valence-electron chi connectivity index (χ2n) is 5.17. The Bertz CT molecular complexity index is 772. The van der Waals surface area contributed by atoms with E-state index in [4.69, 9.17) is 9.47 Å². The van der Waals surface area contributed by atoms with E-state index in [0.29, 0.717) is 16.4 Å². The molecule has 0 unspecified atom stereocenters. The van der Waals surface area contributed by atoms with Gasteiger partial charge in [-0.05, 0) is 37.6 Å². The van der Waals surface area contributed by atoms with Gasteiger partial charge < -0.3 is 9.47 Å². The van der Waals surface area contributed by atoms with Gasteiger partial charge in [0.05, 0.1) is 12.0 Å². The molecule has 0 aromatic heterocycles. The number of methoxy groups -OCH3 is 1. The summed E-state index contributed by atoms with van der Waals surface area (Å²) < 4.78 is 37.9. The summed E-state index contributed by atoms with van der Waals surface area (Å²) in [4.78, 5) is 0.292. The van der Waals surface area contributed by atoms with Gasteiger partial charge in [0.1, 0.15) is 6.61 Å². The number of aryl methyl sites for hydroxylation is 2. The van der Waals surface area contributed by atoms with Crippen LogP contribution in [0.15, 0.2) is 47.4 Å². The first-order chi connectivity index (χ1) is 10.9. The molecule has 1 N–H and O–H groups in total. The third-order valence-corrected chi connectivity index (χ3v) is 4.96. The molecule has 5 nitrogen and oxygen atoms in total. The van der Waals surface area contributed by atoms with Gasteiger partial charge in [-0.1, -0.05) is 29.8 Å². The third kappa shape index (κ3) is 4.46. The molecule has 0 aliphatic rings. The monoisotopic (exact) mass is 335 g/mol. The first kappa shape index (κ1) is 17.3. The fourth-order valence-electron chi connectivity index (χ4n) is 2.25. The predicted molar refractivity (Wildman–Crippen MR) is 89.6 cm³/mol. The van der Waals surface area contributed by atoms with Crippen LogP contribution in [-0.2, 0) is 10.0 Å². The molecule has 0 amide bonds. The minimum Gasteiger partial charge on any atom is -0.493 e. The summed E-state index contributed by atoms with van der Waals surface area (Å²) in [6.45, 7) is 4.10. The number of ether oxygens (including phenoxy) is 2. The molecule has 2 rings (SSSR count). The van der Waals surface area contributed by atoms with Gasteiger partial charge in [-0.3, -0.25) is 0 Å². The van der Waals surface area contributed by atoms with E-state index in [1.54, 1.807) is 38.3 Å². The van der Waals surface area contributed by atoms with Gasteiger partial charge in [-0.25, -0.2) is 13.1 Å². The average molecular weight is 335 g/mol. The van der Waals surface area contributed by atoms with Crippen LogP contribution in [0.2, 0.25) is 0 Å². The molecule has 0 saturated carbocycles. The Balaban J connectivity index is 1.95. The summed E-state index contributed by atoms with van der Waals surface area (Å²) in [5, 5.41) is 0. The van der Waals surface area contributed by atoms with Crippen LogP contribution in [0.5, 0.6) is 11.5 Å². The van der Waals surface area contributed by atoms with Gasteiger partial charge in [0, 0.05) is 6.54 Å². The normalized spacial score (nSPS) is 11.3. The van der Waals surface area contributed by atoms with Crippen LogP contribution in [0.1, 0.15) is 11.1 Å². The summed E-state index contributed by atoms with van der Waals surface area (Å²) >= 11 is 0. The minimum atomic E-state index is -3.54. The van der Waals surface area contributed by atoms with E-state index >= 15 is 0 Å². The number of hydrogen-bond acceptors (Lipinski definition) is 4. The number of hydrogen-bond donors (Lipinski definition) is 1. The fraction of sp³-hybridized carbons (Fsp3) is 0.294. The third-order valence-electron chi connectivity index (χ3n) is 3.34. The summed E-state index contributed by atoms with van der Waals surface area (Å²) in [6, 6.07) is 12.5. The maximum Gasteiger partial charge on any atom is 0.240 e. The largest absolute Gasteiger partial charge is 0.493 e. The highest BCUT2D eigenvalue weighted by atomic mass is 32.2. The van der Waals surface area contributed by atoms with E-state index in [0.717, 1.165) is 11.1 Å². The summed E-state index contributed by atoms with van der Waals surface area (Å²) in [7, 11) is -1.98. The molecule has 0 atom stereocenters. The summed E-state index contributed by atoms with van der Waals surface area (Å²) in [5.74, 6) is 1.20. The Morgan fingerprint density at radius 3 is 2.39 bits per heavy atom. The van der Waals surface area contributed by atoms with Gasteiger partial charge in [-0.2, -0.15) is 0 Å². The molecule has 0 spiro atoms. The highest BCUT2D eigenvalue weighted by Gasteiger charge is 2.16. The van der Waals surface area contributed by atoms with Crippen molar-refractivity contribution in [3.8, 4) is 11.5 Å². The van der Waals surface area contributed by atoms with Crippen LogP contribution >= 0.6 is 0 Å². The lowest BCUT2D eigenvalue weighted by atomic mass is 10.2. The Morgan fingerprint density at radius 2 is 1.74 bits per heavy atom. The molecule has 6 heteroatoms. The van der Waals surface area contributed by atoms with Crippen molar-refractivity contribution < 1.29 is 17.9 Å². The predicted octanol–water partition coefficient (Wildman–Crippen LogP) is 2.67. The number of para-hydroxylation sites is 2. The molecule has 23 heavy (non-hydrogen) atoms. The lowest BCUT2D eigenvalue weighted by Crippen LogP contribution is -2.28. The topological polar surface area (TPSA) is 64.6 Å². The van der Waals surface area contributed by atoms with Crippen molar-refractivity contribution in [2.75, 3.05) is 20.3 Å². The van der Waals surface area contributed by atoms with Crippen LogP contribution in [0.25, 0.3) is 0 Å². The Morgan fingerprint density at radius 1 is 1.04 bits per heavy atom. The zero-order chi connectivity index (χ0) is 16.9. The van der Waals surface area contributed by atoms with Crippen molar-refractivity contribution in [3.05, 3.63) is 53.6 Å². The maximum atomic E-state index is 12.3. The Hall–Kier alpha value is -2.05. The lowest BCUT2D eigenvalue weighted by Gasteiger charge is -2.12. The van der Waals surface area contributed by atoms with E-state index in [2.05, 4.69) is 4.72 Å². The highest BCUT2D eigenvalue weighted by Crippen LogP contribution is 2.25. The molecule has 0 heterocycles. The average Bonchev–Trinajstić information content (AvgIpc) is 2.51. The van der Waals surface area contributed by atoms with E-state index < -0.39 is 10.0 Å². The molecule has 2 aromatic rings. The Labute approximate surface area is 137 Å². The first-order valence-corrected chi connectivity index (χ1v) is 8.75. The van der Waals surface area contributed by atoms with Crippen molar-refractivity contribution in [3.63, 3.8) is 0 Å².